The number of carbonyl (C=O) groups is 1. The molecule has 2 rings (SSSR count). The van der Waals surface area contributed by atoms with Crippen LogP contribution in [0.25, 0.3) is 11.5 Å². The summed E-state index contributed by atoms with van der Waals surface area (Å²) in [5.41, 5.74) is 0.833. The first-order chi connectivity index (χ1) is 10.1. The van der Waals surface area contributed by atoms with Crippen LogP contribution in [0.15, 0.2) is 33.9 Å². The van der Waals surface area contributed by atoms with Crippen LogP contribution < -0.4 is 4.74 Å². The second-order valence-corrected chi connectivity index (χ2v) is 5.53. The first-order valence-corrected chi connectivity index (χ1v) is 7.39. The Morgan fingerprint density at radius 1 is 1.29 bits per heavy atom. The molecule has 0 saturated carbocycles. The molecular weight excluding hydrogens is 290 g/mol. The number of aromatic nitrogens is 2. The highest BCUT2D eigenvalue weighted by molar-refractivity contribution is 7.99. The molecule has 2 aromatic rings. The van der Waals surface area contributed by atoms with Crippen molar-refractivity contribution < 1.29 is 13.9 Å². The fourth-order valence-electron chi connectivity index (χ4n) is 1.57. The van der Waals surface area contributed by atoms with Crippen LogP contribution in [0.5, 0.6) is 5.75 Å². The van der Waals surface area contributed by atoms with Gasteiger partial charge in [-0.1, -0.05) is 11.8 Å². The molecule has 7 heteroatoms. The van der Waals surface area contributed by atoms with E-state index in [1.54, 1.807) is 26.1 Å². The van der Waals surface area contributed by atoms with E-state index in [9.17, 15) is 4.79 Å². The van der Waals surface area contributed by atoms with Gasteiger partial charge in [-0.2, -0.15) is 0 Å². The zero-order chi connectivity index (χ0) is 15.2. The maximum absolute atomic E-state index is 11.5. The van der Waals surface area contributed by atoms with E-state index < -0.39 is 0 Å². The van der Waals surface area contributed by atoms with Crippen LogP contribution in [-0.2, 0) is 4.79 Å². The van der Waals surface area contributed by atoms with Gasteiger partial charge in [0, 0.05) is 31.8 Å². The highest BCUT2D eigenvalue weighted by atomic mass is 32.2. The van der Waals surface area contributed by atoms with E-state index in [0.717, 1.165) is 11.3 Å². The lowest BCUT2D eigenvalue weighted by Gasteiger charge is -2.08. The number of hydrogen-bond donors (Lipinski definition) is 0. The Morgan fingerprint density at radius 2 is 2.00 bits per heavy atom. The number of hydrogen-bond acceptors (Lipinski definition) is 6. The van der Waals surface area contributed by atoms with Crippen molar-refractivity contribution in [1.29, 1.82) is 0 Å². The standard InChI is InChI=1S/C14H17N3O3S/c1-17(2)12(18)8-9-21-14-16-15-13(20-14)10-4-6-11(19-3)7-5-10/h4-7H,8-9H2,1-3H3. The predicted octanol–water partition coefficient (Wildman–Crippen LogP) is 2.32. The zero-order valence-corrected chi connectivity index (χ0v) is 13.0. The SMILES string of the molecule is COc1ccc(-c2nnc(SCCC(=O)N(C)C)o2)cc1. The molecule has 112 valence electrons. The quantitative estimate of drug-likeness (QED) is 0.763. The molecule has 0 unspecified atom stereocenters. The number of methoxy groups -OCH3 is 1. The van der Waals surface area contributed by atoms with Crippen molar-refractivity contribution >= 4 is 17.7 Å². The molecule has 1 heterocycles. The van der Waals surface area contributed by atoms with Gasteiger partial charge >= 0.3 is 0 Å². The van der Waals surface area contributed by atoms with Gasteiger partial charge in [-0.05, 0) is 24.3 Å². The molecule has 0 aliphatic heterocycles. The summed E-state index contributed by atoms with van der Waals surface area (Å²) >= 11 is 1.38. The maximum atomic E-state index is 11.5. The molecule has 0 fully saturated rings. The smallest absolute Gasteiger partial charge is 0.276 e. The number of carbonyl (C=O) groups excluding carboxylic acids is 1. The fraction of sp³-hybridized carbons (Fsp3) is 0.357. The summed E-state index contributed by atoms with van der Waals surface area (Å²) in [5.74, 6) is 1.92. The summed E-state index contributed by atoms with van der Waals surface area (Å²) < 4.78 is 10.7. The molecule has 0 aliphatic carbocycles. The minimum absolute atomic E-state index is 0.0809. The van der Waals surface area contributed by atoms with Gasteiger partial charge in [-0.3, -0.25) is 4.79 Å². The summed E-state index contributed by atoms with van der Waals surface area (Å²) in [6.07, 6.45) is 0.442. The number of thioether (sulfide) groups is 1. The average molecular weight is 307 g/mol. The van der Waals surface area contributed by atoms with Crippen molar-refractivity contribution in [2.75, 3.05) is 27.0 Å². The van der Waals surface area contributed by atoms with Gasteiger partial charge in [0.1, 0.15) is 5.75 Å². The van der Waals surface area contributed by atoms with Crippen molar-refractivity contribution in [3.8, 4) is 17.2 Å². The molecule has 0 saturated heterocycles. The second kappa shape index (κ2) is 7.12. The van der Waals surface area contributed by atoms with E-state index in [-0.39, 0.29) is 5.91 Å². The Hall–Kier alpha value is -2.02. The van der Waals surface area contributed by atoms with Gasteiger partial charge in [0.15, 0.2) is 0 Å². The van der Waals surface area contributed by atoms with Crippen LogP contribution in [0.4, 0.5) is 0 Å². The van der Waals surface area contributed by atoms with Gasteiger partial charge in [0.25, 0.3) is 5.22 Å². The van der Waals surface area contributed by atoms with Crippen LogP contribution in [0.3, 0.4) is 0 Å². The lowest BCUT2D eigenvalue weighted by atomic mass is 10.2. The third-order valence-electron chi connectivity index (χ3n) is 2.78. The number of amides is 1. The van der Waals surface area contributed by atoms with Crippen LogP contribution in [0.1, 0.15) is 6.42 Å². The number of benzene rings is 1. The van der Waals surface area contributed by atoms with E-state index >= 15 is 0 Å². The molecule has 21 heavy (non-hydrogen) atoms. The lowest BCUT2D eigenvalue weighted by molar-refractivity contribution is -0.128. The largest absolute Gasteiger partial charge is 0.497 e. The minimum atomic E-state index is 0.0809. The maximum Gasteiger partial charge on any atom is 0.276 e. The number of nitrogens with zero attached hydrogens (tertiary/aromatic N) is 3. The summed E-state index contributed by atoms with van der Waals surface area (Å²) in [5, 5.41) is 8.43. The minimum Gasteiger partial charge on any atom is -0.497 e. The summed E-state index contributed by atoms with van der Waals surface area (Å²) in [4.78, 5) is 13.0. The van der Waals surface area contributed by atoms with Crippen LogP contribution in [0.2, 0.25) is 0 Å². The average Bonchev–Trinajstić information content (AvgIpc) is 2.96. The van der Waals surface area contributed by atoms with Crippen LogP contribution >= 0.6 is 11.8 Å². The first kappa shape index (κ1) is 15.4. The number of ether oxygens (including phenoxy) is 1. The van der Waals surface area contributed by atoms with Crippen molar-refractivity contribution in [3.05, 3.63) is 24.3 Å². The van der Waals surface area contributed by atoms with Crippen molar-refractivity contribution in [1.82, 2.24) is 15.1 Å². The van der Waals surface area contributed by atoms with E-state index in [1.807, 2.05) is 24.3 Å². The number of rotatable bonds is 6. The third kappa shape index (κ3) is 4.22. The molecule has 1 aromatic heterocycles. The van der Waals surface area contributed by atoms with Gasteiger partial charge in [0.05, 0.1) is 7.11 Å². The van der Waals surface area contributed by atoms with Crippen LogP contribution in [-0.4, -0.2) is 48.0 Å². The van der Waals surface area contributed by atoms with Crippen molar-refractivity contribution in [2.45, 2.75) is 11.6 Å². The van der Waals surface area contributed by atoms with Crippen molar-refractivity contribution in [3.63, 3.8) is 0 Å². The highest BCUT2D eigenvalue weighted by Crippen LogP contribution is 2.25. The Kier molecular flexibility index (Phi) is 5.21. The molecule has 0 N–H and O–H groups in total. The van der Waals surface area contributed by atoms with Gasteiger partial charge in [0.2, 0.25) is 11.8 Å². The van der Waals surface area contributed by atoms with Gasteiger partial charge < -0.3 is 14.1 Å². The Morgan fingerprint density at radius 3 is 2.62 bits per heavy atom. The summed E-state index contributed by atoms with van der Waals surface area (Å²) in [7, 11) is 5.09. The van der Waals surface area contributed by atoms with Crippen molar-refractivity contribution in [2.24, 2.45) is 0 Å². The monoisotopic (exact) mass is 307 g/mol. The molecular formula is C14H17N3O3S. The zero-order valence-electron chi connectivity index (χ0n) is 12.2. The van der Waals surface area contributed by atoms with Crippen LogP contribution in [0, 0.1) is 0 Å². The van der Waals surface area contributed by atoms with E-state index in [1.165, 1.54) is 11.8 Å². The first-order valence-electron chi connectivity index (χ1n) is 6.41. The van der Waals surface area contributed by atoms with E-state index in [4.69, 9.17) is 9.15 Å². The fourth-order valence-corrected chi connectivity index (χ4v) is 2.26. The van der Waals surface area contributed by atoms with Gasteiger partial charge in [-0.25, -0.2) is 0 Å². The molecule has 0 spiro atoms. The Balaban J connectivity index is 1.93. The molecule has 1 aromatic carbocycles. The van der Waals surface area contributed by atoms with E-state index in [2.05, 4.69) is 10.2 Å². The molecule has 6 nitrogen and oxygen atoms in total. The third-order valence-corrected chi connectivity index (χ3v) is 3.60. The Labute approximate surface area is 127 Å². The molecule has 1 amide bonds. The summed E-state index contributed by atoms with van der Waals surface area (Å²) in [6.45, 7) is 0. The Bertz CT molecular complexity index is 596. The van der Waals surface area contributed by atoms with Gasteiger partial charge in [-0.15, -0.1) is 10.2 Å². The molecule has 0 atom stereocenters. The molecule has 0 bridgehead atoms. The highest BCUT2D eigenvalue weighted by Gasteiger charge is 2.10. The lowest BCUT2D eigenvalue weighted by Crippen LogP contribution is -2.21. The molecule has 0 radical (unpaired) electrons. The second-order valence-electron chi connectivity index (χ2n) is 4.49. The summed E-state index contributed by atoms with van der Waals surface area (Å²) in [6, 6.07) is 7.39. The van der Waals surface area contributed by atoms with E-state index in [0.29, 0.717) is 23.3 Å². The predicted molar refractivity (Wildman–Crippen MR) is 80.3 cm³/mol. The normalized spacial score (nSPS) is 10.4. The molecule has 0 aliphatic rings. The topological polar surface area (TPSA) is 68.5 Å².